The Bertz CT molecular complexity index is 1420. The summed E-state index contributed by atoms with van der Waals surface area (Å²) in [7, 11) is -3.92. The molecule has 0 heterocycles. The van der Waals surface area contributed by atoms with Gasteiger partial charge in [-0.1, -0.05) is 76.1 Å². The van der Waals surface area contributed by atoms with E-state index in [-0.39, 0.29) is 18.0 Å². The van der Waals surface area contributed by atoms with Crippen molar-refractivity contribution in [1.82, 2.24) is 4.31 Å². The maximum Gasteiger partial charge on any atom is 0.243 e. The highest BCUT2D eigenvalue weighted by molar-refractivity contribution is 9.10. The Morgan fingerprint density at radius 3 is 2.14 bits per heavy atom. The number of nitrogens with zero attached hydrogens (tertiary/aromatic N) is 1. The molecule has 0 saturated carbocycles. The quantitative estimate of drug-likeness (QED) is 0.244. The number of halogens is 1. The molecule has 6 nitrogen and oxygen atoms in total. The SMILES string of the molecule is Cc1ccc(CN(CC(=O)Nc2ccc(OCc3ccccc3)cc2)S(=O)(=O)c2ccc(Br)cc2)cc1. The van der Waals surface area contributed by atoms with Crippen molar-refractivity contribution in [1.29, 1.82) is 0 Å². The Hall–Kier alpha value is -3.46. The van der Waals surface area contributed by atoms with E-state index >= 15 is 0 Å². The lowest BCUT2D eigenvalue weighted by Gasteiger charge is -2.22. The molecule has 1 N–H and O–H groups in total. The third-order valence-corrected chi connectivity index (χ3v) is 7.97. The lowest BCUT2D eigenvalue weighted by atomic mass is 10.1. The van der Waals surface area contributed by atoms with E-state index in [2.05, 4.69) is 21.2 Å². The van der Waals surface area contributed by atoms with Crippen LogP contribution in [0.5, 0.6) is 5.75 Å². The molecule has 0 atom stereocenters. The molecule has 37 heavy (non-hydrogen) atoms. The molecule has 190 valence electrons. The smallest absolute Gasteiger partial charge is 0.243 e. The van der Waals surface area contributed by atoms with E-state index in [1.165, 1.54) is 16.4 Å². The van der Waals surface area contributed by atoms with E-state index in [0.717, 1.165) is 21.2 Å². The number of sulfonamides is 1. The van der Waals surface area contributed by atoms with Crippen molar-refractivity contribution in [3.8, 4) is 5.75 Å². The Kier molecular flexibility index (Phi) is 8.76. The Balaban J connectivity index is 1.45. The summed E-state index contributed by atoms with van der Waals surface area (Å²) in [6.07, 6.45) is 0. The van der Waals surface area contributed by atoms with E-state index in [1.54, 1.807) is 36.4 Å². The van der Waals surface area contributed by atoms with Crippen molar-refractivity contribution in [2.45, 2.75) is 25.0 Å². The molecule has 4 aromatic carbocycles. The second-order valence-corrected chi connectivity index (χ2v) is 11.4. The van der Waals surface area contributed by atoms with Crippen LogP contribution in [0.4, 0.5) is 5.69 Å². The van der Waals surface area contributed by atoms with Crippen LogP contribution in [0.1, 0.15) is 16.7 Å². The molecule has 0 bridgehead atoms. The van der Waals surface area contributed by atoms with Crippen LogP contribution in [0.3, 0.4) is 0 Å². The Labute approximate surface area is 226 Å². The number of hydrogen-bond donors (Lipinski definition) is 1. The fourth-order valence-corrected chi connectivity index (χ4v) is 5.26. The Morgan fingerprint density at radius 2 is 1.49 bits per heavy atom. The minimum atomic E-state index is -3.92. The number of aryl methyl sites for hydroxylation is 1. The standard InChI is InChI=1S/C29H27BrN2O4S/c1-22-7-9-23(10-8-22)19-32(37(34,35)28-17-11-25(30)12-18-28)20-29(33)31-26-13-15-27(16-14-26)36-21-24-5-3-2-4-6-24/h2-18H,19-21H2,1H3,(H,31,33). The first-order valence-electron chi connectivity index (χ1n) is 11.7. The highest BCUT2D eigenvalue weighted by Crippen LogP contribution is 2.22. The molecule has 4 aromatic rings. The van der Waals surface area contributed by atoms with Gasteiger partial charge in [0.05, 0.1) is 11.4 Å². The first-order chi connectivity index (χ1) is 17.8. The molecule has 0 fully saturated rings. The van der Waals surface area contributed by atoms with Crippen molar-refractivity contribution in [2.75, 3.05) is 11.9 Å². The van der Waals surface area contributed by atoms with Crippen LogP contribution in [0.25, 0.3) is 0 Å². The summed E-state index contributed by atoms with van der Waals surface area (Å²) in [5, 5.41) is 2.79. The highest BCUT2D eigenvalue weighted by Gasteiger charge is 2.27. The lowest BCUT2D eigenvalue weighted by molar-refractivity contribution is -0.116. The van der Waals surface area contributed by atoms with Gasteiger partial charge in [-0.3, -0.25) is 4.79 Å². The number of amides is 1. The Morgan fingerprint density at radius 1 is 0.838 bits per heavy atom. The summed E-state index contributed by atoms with van der Waals surface area (Å²) >= 11 is 3.33. The fourth-order valence-electron chi connectivity index (χ4n) is 3.61. The van der Waals surface area contributed by atoms with Crippen molar-refractivity contribution in [2.24, 2.45) is 0 Å². The number of hydrogen-bond acceptors (Lipinski definition) is 4. The van der Waals surface area contributed by atoms with Crippen molar-refractivity contribution in [3.05, 3.63) is 124 Å². The molecule has 0 unspecified atom stereocenters. The van der Waals surface area contributed by atoms with Gasteiger partial charge in [-0.15, -0.1) is 0 Å². The molecule has 4 rings (SSSR count). The van der Waals surface area contributed by atoms with Crippen LogP contribution < -0.4 is 10.1 Å². The molecule has 0 aromatic heterocycles. The van der Waals surface area contributed by atoms with Gasteiger partial charge < -0.3 is 10.1 Å². The minimum Gasteiger partial charge on any atom is -0.489 e. The summed E-state index contributed by atoms with van der Waals surface area (Å²) in [4.78, 5) is 13.1. The first kappa shape index (κ1) is 26.6. The zero-order chi connectivity index (χ0) is 26.3. The number of ether oxygens (including phenoxy) is 1. The van der Waals surface area contributed by atoms with Crippen molar-refractivity contribution < 1.29 is 17.9 Å². The first-order valence-corrected chi connectivity index (χ1v) is 13.9. The van der Waals surface area contributed by atoms with Gasteiger partial charge in [0, 0.05) is 16.7 Å². The number of carbonyl (C=O) groups excluding carboxylic acids is 1. The van der Waals surface area contributed by atoms with Gasteiger partial charge in [-0.2, -0.15) is 4.31 Å². The highest BCUT2D eigenvalue weighted by atomic mass is 79.9. The van der Waals surface area contributed by atoms with Crippen LogP contribution >= 0.6 is 15.9 Å². The van der Waals surface area contributed by atoms with Crippen LogP contribution in [-0.2, 0) is 28.0 Å². The van der Waals surface area contributed by atoms with Crippen molar-refractivity contribution >= 4 is 37.5 Å². The lowest BCUT2D eigenvalue weighted by Crippen LogP contribution is -2.37. The van der Waals surface area contributed by atoms with Crippen molar-refractivity contribution in [3.63, 3.8) is 0 Å². The zero-order valence-corrected chi connectivity index (χ0v) is 22.7. The number of benzene rings is 4. The summed E-state index contributed by atoms with van der Waals surface area (Å²) in [5.41, 5.74) is 3.47. The average molecular weight is 580 g/mol. The van der Waals surface area contributed by atoms with Gasteiger partial charge in [0.25, 0.3) is 0 Å². The molecule has 1 amide bonds. The van der Waals surface area contributed by atoms with E-state index in [9.17, 15) is 13.2 Å². The summed E-state index contributed by atoms with van der Waals surface area (Å²) in [6.45, 7) is 2.14. The predicted octanol–water partition coefficient (Wildman–Crippen LogP) is 6.17. The van der Waals surface area contributed by atoms with Gasteiger partial charge in [0.2, 0.25) is 15.9 Å². The molecule has 0 spiro atoms. The van der Waals surface area contributed by atoms with Crippen LogP contribution in [0, 0.1) is 6.92 Å². The van der Waals surface area contributed by atoms with Gasteiger partial charge in [0.1, 0.15) is 12.4 Å². The third kappa shape index (κ3) is 7.52. The maximum absolute atomic E-state index is 13.5. The number of anilines is 1. The maximum atomic E-state index is 13.5. The largest absolute Gasteiger partial charge is 0.489 e. The molecule has 0 radical (unpaired) electrons. The van der Waals surface area contributed by atoms with Gasteiger partial charge in [-0.05, 0) is 66.6 Å². The molecule has 0 saturated heterocycles. The second-order valence-electron chi connectivity index (χ2n) is 8.56. The van der Waals surface area contributed by atoms with E-state index in [0.29, 0.717) is 18.0 Å². The number of carbonyl (C=O) groups is 1. The van der Waals surface area contributed by atoms with Crippen LogP contribution in [-0.4, -0.2) is 25.2 Å². The van der Waals surface area contributed by atoms with Crippen LogP contribution in [0.2, 0.25) is 0 Å². The molecule has 0 aliphatic carbocycles. The molecular weight excluding hydrogens is 552 g/mol. The van der Waals surface area contributed by atoms with E-state index in [1.807, 2.05) is 61.5 Å². The summed E-state index contributed by atoms with van der Waals surface area (Å²) in [5.74, 6) is 0.228. The molecular formula is C29H27BrN2O4S. The summed E-state index contributed by atoms with van der Waals surface area (Å²) < 4.78 is 34.6. The van der Waals surface area contributed by atoms with E-state index < -0.39 is 15.9 Å². The monoisotopic (exact) mass is 578 g/mol. The van der Waals surface area contributed by atoms with Gasteiger partial charge >= 0.3 is 0 Å². The fraction of sp³-hybridized carbons (Fsp3) is 0.138. The zero-order valence-electron chi connectivity index (χ0n) is 20.3. The normalized spacial score (nSPS) is 11.3. The average Bonchev–Trinajstić information content (AvgIpc) is 2.90. The molecule has 0 aliphatic rings. The third-order valence-electron chi connectivity index (χ3n) is 5.64. The topological polar surface area (TPSA) is 75.7 Å². The second kappa shape index (κ2) is 12.2. The minimum absolute atomic E-state index is 0.0678. The number of nitrogens with one attached hydrogen (secondary N) is 1. The van der Waals surface area contributed by atoms with Gasteiger partial charge in [-0.25, -0.2) is 8.42 Å². The number of rotatable bonds is 10. The molecule has 8 heteroatoms. The van der Waals surface area contributed by atoms with E-state index in [4.69, 9.17) is 4.74 Å². The molecule has 0 aliphatic heterocycles. The van der Waals surface area contributed by atoms with Gasteiger partial charge in [0.15, 0.2) is 0 Å². The van der Waals surface area contributed by atoms with Crippen LogP contribution in [0.15, 0.2) is 112 Å². The summed E-state index contributed by atoms with van der Waals surface area (Å²) in [6, 6.07) is 30.8. The predicted molar refractivity (Wildman–Crippen MR) is 149 cm³/mol.